The molecule has 3 aliphatic carbocycles. The predicted octanol–water partition coefficient (Wildman–Crippen LogP) is 1.93. The summed E-state index contributed by atoms with van der Waals surface area (Å²) in [7, 11) is 0. The van der Waals surface area contributed by atoms with Gasteiger partial charge < -0.3 is 15.3 Å². The molecule has 116 valence electrons. The molecule has 1 aliphatic heterocycles. The van der Waals surface area contributed by atoms with E-state index in [0.717, 1.165) is 43.2 Å². The lowest BCUT2D eigenvalue weighted by Crippen LogP contribution is -2.41. The monoisotopic (exact) mass is 292 g/mol. The molecule has 2 bridgehead atoms. The maximum Gasteiger partial charge on any atom is 0.317 e. The number of fused-ring (bicyclic) bond motifs is 5. The van der Waals surface area contributed by atoms with Crippen LogP contribution in [0.25, 0.3) is 0 Å². The van der Waals surface area contributed by atoms with E-state index in [1.807, 2.05) is 4.90 Å². The van der Waals surface area contributed by atoms with Crippen LogP contribution in [0.15, 0.2) is 0 Å². The molecule has 3 saturated carbocycles. The van der Waals surface area contributed by atoms with Gasteiger partial charge in [0.25, 0.3) is 0 Å². The normalized spacial score (nSPS) is 43.0. The van der Waals surface area contributed by atoms with Crippen LogP contribution in [0.3, 0.4) is 0 Å². The van der Waals surface area contributed by atoms with Crippen molar-refractivity contribution in [1.82, 2.24) is 10.2 Å². The summed E-state index contributed by atoms with van der Waals surface area (Å²) in [4.78, 5) is 24.8. The molecule has 0 aromatic heterocycles. The van der Waals surface area contributed by atoms with Crippen LogP contribution >= 0.6 is 0 Å². The van der Waals surface area contributed by atoms with E-state index in [9.17, 15) is 9.59 Å². The van der Waals surface area contributed by atoms with E-state index in [4.69, 9.17) is 5.11 Å². The van der Waals surface area contributed by atoms with Crippen molar-refractivity contribution < 1.29 is 14.7 Å². The zero-order valence-corrected chi connectivity index (χ0v) is 12.3. The van der Waals surface area contributed by atoms with Gasteiger partial charge in [-0.25, -0.2) is 4.79 Å². The van der Waals surface area contributed by atoms with Crippen molar-refractivity contribution in [3.63, 3.8) is 0 Å². The molecule has 0 radical (unpaired) electrons. The number of rotatable bonds is 4. The molecule has 5 nitrogen and oxygen atoms in total. The Morgan fingerprint density at radius 1 is 1.14 bits per heavy atom. The molecule has 2 N–H and O–H groups in total. The number of hydrogen-bond donors (Lipinski definition) is 2. The zero-order valence-electron chi connectivity index (χ0n) is 12.3. The summed E-state index contributed by atoms with van der Waals surface area (Å²) in [5, 5.41) is 12.0. The molecule has 0 aromatic rings. The highest BCUT2D eigenvalue weighted by Crippen LogP contribution is 2.65. The Hall–Kier alpha value is -1.26. The van der Waals surface area contributed by atoms with Gasteiger partial charge in [0.2, 0.25) is 0 Å². The number of nitrogens with zero attached hydrogens (tertiary/aromatic N) is 1. The van der Waals surface area contributed by atoms with Gasteiger partial charge in [-0.15, -0.1) is 0 Å². The lowest BCUT2D eigenvalue weighted by atomic mass is 10.0. The van der Waals surface area contributed by atoms with E-state index in [1.165, 1.54) is 19.3 Å². The number of aliphatic carboxylic acids is 1. The Labute approximate surface area is 125 Å². The number of hydrogen-bond acceptors (Lipinski definition) is 2. The summed E-state index contributed by atoms with van der Waals surface area (Å²) >= 11 is 0. The highest BCUT2D eigenvalue weighted by Gasteiger charge is 2.65. The van der Waals surface area contributed by atoms with Gasteiger partial charge in [-0.3, -0.25) is 4.79 Å². The van der Waals surface area contributed by atoms with Gasteiger partial charge >= 0.3 is 12.0 Å². The molecule has 2 amide bonds. The molecule has 5 unspecified atom stereocenters. The van der Waals surface area contributed by atoms with Crippen LogP contribution in [-0.2, 0) is 4.79 Å². The van der Waals surface area contributed by atoms with E-state index in [0.29, 0.717) is 18.4 Å². The van der Waals surface area contributed by atoms with Crippen molar-refractivity contribution in [2.24, 2.45) is 29.6 Å². The van der Waals surface area contributed by atoms with Gasteiger partial charge in [0.1, 0.15) is 0 Å². The van der Waals surface area contributed by atoms with Crippen LogP contribution in [0.2, 0.25) is 0 Å². The molecule has 4 aliphatic rings. The predicted molar refractivity (Wildman–Crippen MR) is 76.7 cm³/mol. The Kier molecular flexibility index (Phi) is 3.12. The second-order valence-corrected chi connectivity index (χ2v) is 7.50. The molecule has 0 spiro atoms. The first-order valence-corrected chi connectivity index (χ1v) is 8.40. The number of urea groups is 1. The third-order valence-electron chi connectivity index (χ3n) is 6.36. The van der Waals surface area contributed by atoms with E-state index in [2.05, 4.69) is 5.32 Å². The summed E-state index contributed by atoms with van der Waals surface area (Å²) in [5.41, 5.74) is 0. The second-order valence-electron chi connectivity index (χ2n) is 7.50. The molecule has 1 saturated heterocycles. The number of carboxylic acids is 1. The minimum absolute atomic E-state index is 0.0895. The Balaban J connectivity index is 1.25. The lowest BCUT2D eigenvalue weighted by Gasteiger charge is -2.19. The summed E-state index contributed by atoms with van der Waals surface area (Å²) < 4.78 is 0. The average molecular weight is 292 g/mol. The van der Waals surface area contributed by atoms with Crippen LogP contribution in [0.1, 0.15) is 38.5 Å². The maximum absolute atomic E-state index is 12.3. The largest absolute Gasteiger partial charge is 0.481 e. The molecular formula is C16H24N2O3. The van der Waals surface area contributed by atoms with Crippen LogP contribution in [0, 0.1) is 29.6 Å². The zero-order chi connectivity index (χ0) is 14.6. The Morgan fingerprint density at radius 3 is 2.52 bits per heavy atom. The minimum Gasteiger partial charge on any atom is -0.481 e. The topological polar surface area (TPSA) is 69.6 Å². The Bertz CT molecular complexity index is 450. The fourth-order valence-electron chi connectivity index (χ4n) is 5.33. The molecular weight excluding hydrogens is 268 g/mol. The first kappa shape index (κ1) is 13.4. The number of carboxylic acid groups (broad SMARTS) is 1. The van der Waals surface area contributed by atoms with Gasteiger partial charge in [-0.1, -0.05) is 0 Å². The standard InChI is InChI=1S/C16H24N2O3/c19-12(20)4-1-9-5-6-18(8-9)16(21)17-15-13-10-2-3-11(7-10)14(13)15/h9-11,13-15H,1-8H2,(H,17,21)(H,19,20). The fraction of sp³-hybridized carbons (Fsp3) is 0.875. The van der Waals surface area contributed by atoms with Gasteiger partial charge in [-0.2, -0.15) is 0 Å². The maximum atomic E-state index is 12.3. The number of nitrogens with one attached hydrogen (secondary N) is 1. The summed E-state index contributed by atoms with van der Waals surface area (Å²) in [6.07, 6.45) is 6.01. The first-order chi connectivity index (χ1) is 10.1. The van der Waals surface area contributed by atoms with Crippen LogP contribution in [0.5, 0.6) is 0 Å². The van der Waals surface area contributed by atoms with E-state index in [-0.39, 0.29) is 12.5 Å². The number of carbonyl (C=O) groups excluding carboxylic acids is 1. The van der Waals surface area contributed by atoms with Crippen LogP contribution in [-0.4, -0.2) is 41.1 Å². The van der Waals surface area contributed by atoms with Crippen molar-refractivity contribution in [3.8, 4) is 0 Å². The second kappa shape index (κ2) is 4.89. The van der Waals surface area contributed by atoms with E-state index in [1.54, 1.807) is 0 Å². The van der Waals surface area contributed by atoms with E-state index < -0.39 is 5.97 Å². The van der Waals surface area contributed by atoms with Crippen LogP contribution < -0.4 is 5.32 Å². The summed E-state index contributed by atoms with van der Waals surface area (Å²) in [6.45, 7) is 1.51. The van der Waals surface area contributed by atoms with Gasteiger partial charge in [-0.05, 0) is 61.7 Å². The minimum atomic E-state index is -0.737. The van der Waals surface area contributed by atoms with Crippen molar-refractivity contribution in [1.29, 1.82) is 0 Å². The summed E-state index contributed by atoms with van der Waals surface area (Å²) in [6, 6.07) is 0.536. The van der Waals surface area contributed by atoms with Crippen molar-refractivity contribution in [2.45, 2.75) is 44.6 Å². The van der Waals surface area contributed by atoms with Crippen molar-refractivity contribution in [2.75, 3.05) is 13.1 Å². The summed E-state index contributed by atoms with van der Waals surface area (Å²) in [5.74, 6) is 2.94. The quantitative estimate of drug-likeness (QED) is 0.832. The third kappa shape index (κ3) is 2.30. The lowest BCUT2D eigenvalue weighted by molar-refractivity contribution is -0.137. The fourth-order valence-corrected chi connectivity index (χ4v) is 5.33. The Morgan fingerprint density at radius 2 is 1.86 bits per heavy atom. The van der Waals surface area contributed by atoms with Gasteiger partial charge in [0.05, 0.1) is 0 Å². The van der Waals surface area contributed by atoms with Gasteiger partial charge in [0.15, 0.2) is 0 Å². The van der Waals surface area contributed by atoms with Crippen molar-refractivity contribution in [3.05, 3.63) is 0 Å². The smallest absolute Gasteiger partial charge is 0.317 e. The number of carbonyl (C=O) groups is 2. The molecule has 4 fully saturated rings. The first-order valence-electron chi connectivity index (χ1n) is 8.40. The molecule has 21 heavy (non-hydrogen) atoms. The van der Waals surface area contributed by atoms with E-state index >= 15 is 0 Å². The third-order valence-corrected chi connectivity index (χ3v) is 6.36. The molecule has 0 aromatic carbocycles. The highest BCUT2D eigenvalue weighted by molar-refractivity contribution is 5.75. The number of amides is 2. The number of likely N-dealkylation sites (tertiary alicyclic amines) is 1. The molecule has 5 atom stereocenters. The van der Waals surface area contributed by atoms with Gasteiger partial charge in [0, 0.05) is 25.6 Å². The molecule has 5 heteroatoms. The SMILES string of the molecule is O=C(O)CCC1CCN(C(=O)NC2C3C4CCC(C4)C23)C1. The van der Waals surface area contributed by atoms with Crippen LogP contribution in [0.4, 0.5) is 4.79 Å². The molecule has 4 rings (SSSR count). The highest BCUT2D eigenvalue weighted by atomic mass is 16.4. The molecule has 1 heterocycles. The van der Waals surface area contributed by atoms with Crippen molar-refractivity contribution >= 4 is 12.0 Å². The average Bonchev–Trinajstić information content (AvgIpc) is 2.91.